The Kier molecular flexibility index (Phi) is 9.70. The van der Waals surface area contributed by atoms with Crippen LogP contribution in [0.15, 0.2) is 206 Å². The minimum absolute atomic E-state index is 0.0724. The lowest BCUT2D eigenvalue weighted by Crippen LogP contribution is -2.36. The molecule has 0 bridgehead atoms. The zero-order valence-electron chi connectivity index (χ0n) is 34.8. The average molecular weight is 787 g/mol. The summed E-state index contributed by atoms with van der Waals surface area (Å²) in [6.45, 7) is 2.38. The maximum absolute atomic E-state index is 2.63. The second-order valence-corrected chi connectivity index (χ2v) is 17.1. The summed E-state index contributed by atoms with van der Waals surface area (Å²) in [5.41, 5.74) is 15.1. The summed E-state index contributed by atoms with van der Waals surface area (Å²) in [6.07, 6.45) is 13.8. The van der Waals surface area contributed by atoms with Gasteiger partial charge in [-0.1, -0.05) is 196 Å². The van der Waals surface area contributed by atoms with Crippen molar-refractivity contribution in [3.8, 4) is 27.9 Å². The smallest absolute Gasteiger partial charge is 0.0619 e. The Bertz CT molecular complexity index is 3080. The summed E-state index contributed by atoms with van der Waals surface area (Å²) >= 11 is 0. The van der Waals surface area contributed by atoms with Crippen LogP contribution in [0.2, 0.25) is 0 Å². The van der Waals surface area contributed by atoms with Gasteiger partial charge in [-0.15, -0.1) is 0 Å². The maximum Gasteiger partial charge on any atom is 0.0619 e. The van der Waals surface area contributed by atoms with Crippen molar-refractivity contribution >= 4 is 49.5 Å². The molecule has 8 aromatic carbocycles. The molecule has 11 rings (SSSR count). The highest BCUT2D eigenvalue weighted by Crippen LogP contribution is 2.47. The van der Waals surface area contributed by atoms with Crippen LogP contribution in [-0.4, -0.2) is 10.6 Å². The van der Waals surface area contributed by atoms with Crippen LogP contribution in [0.1, 0.15) is 56.1 Å². The number of hydrogen-bond acceptors (Lipinski definition) is 1. The third-order valence-corrected chi connectivity index (χ3v) is 13.4. The monoisotopic (exact) mass is 786 g/mol. The highest BCUT2D eigenvalue weighted by molar-refractivity contribution is 6.14. The summed E-state index contributed by atoms with van der Waals surface area (Å²) in [4.78, 5) is 2.63. The summed E-state index contributed by atoms with van der Waals surface area (Å²) in [5, 5.41) is 5.26. The first-order valence-electron chi connectivity index (χ1n) is 22.2. The van der Waals surface area contributed by atoms with Crippen LogP contribution in [0.25, 0.3) is 66.1 Å². The number of benzene rings is 8. The van der Waals surface area contributed by atoms with E-state index >= 15 is 0 Å². The molecule has 0 aliphatic heterocycles. The predicted molar refractivity (Wildman–Crippen MR) is 260 cm³/mol. The van der Waals surface area contributed by atoms with Crippen molar-refractivity contribution in [2.24, 2.45) is 5.92 Å². The van der Waals surface area contributed by atoms with Crippen LogP contribution in [0.5, 0.6) is 0 Å². The van der Waals surface area contributed by atoms with Gasteiger partial charge in [0.05, 0.1) is 17.1 Å². The zero-order valence-corrected chi connectivity index (χ0v) is 34.8. The molecule has 296 valence electrons. The molecule has 2 unspecified atom stereocenters. The topological polar surface area (TPSA) is 8.17 Å². The van der Waals surface area contributed by atoms with E-state index in [1.807, 2.05) is 0 Å². The van der Waals surface area contributed by atoms with Crippen LogP contribution >= 0.6 is 0 Å². The molecule has 9 aromatic rings. The fourth-order valence-corrected chi connectivity index (χ4v) is 10.6. The second kappa shape index (κ2) is 15.9. The van der Waals surface area contributed by atoms with Gasteiger partial charge >= 0.3 is 0 Å². The number of nitrogens with zero attached hydrogens (tertiary/aromatic N) is 2. The first-order chi connectivity index (χ1) is 30.2. The third-order valence-electron chi connectivity index (χ3n) is 13.4. The van der Waals surface area contributed by atoms with E-state index in [1.54, 1.807) is 0 Å². The molecule has 1 heterocycles. The number of fused-ring (bicyclic) bond motifs is 4. The number of allylic oxidation sites excluding steroid dienone is 2. The van der Waals surface area contributed by atoms with E-state index in [1.165, 1.54) is 115 Å². The number of para-hydroxylation sites is 4. The van der Waals surface area contributed by atoms with Gasteiger partial charge in [0.15, 0.2) is 0 Å². The van der Waals surface area contributed by atoms with E-state index < -0.39 is 0 Å². The SMILES string of the molecule is CC1C=C(c2ccccc2)C=CC1N(c1cccc(-c2cccc3c4ccccc4n(-c4ccccc4)c23)c1)c1ccccc1-c1cccc2cccc(C3CCCCC3)c12. The molecule has 2 aliphatic rings. The maximum atomic E-state index is 2.63. The van der Waals surface area contributed by atoms with Gasteiger partial charge in [-0.2, -0.15) is 0 Å². The van der Waals surface area contributed by atoms with Crippen LogP contribution in [0, 0.1) is 5.92 Å². The van der Waals surface area contributed by atoms with Crippen LogP contribution < -0.4 is 4.90 Å². The van der Waals surface area contributed by atoms with Crippen molar-refractivity contribution in [1.82, 2.24) is 4.57 Å². The van der Waals surface area contributed by atoms with Crippen molar-refractivity contribution < 1.29 is 0 Å². The average Bonchev–Trinajstić information content (AvgIpc) is 3.67. The molecule has 1 fully saturated rings. The fourth-order valence-electron chi connectivity index (χ4n) is 10.6. The van der Waals surface area contributed by atoms with Gasteiger partial charge in [0.1, 0.15) is 0 Å². The standard InChI is InChI=1S/C59H50N2/c1-41-39-45(42-19-5-2-6-20-42)37-38-55(41)60(56-35-13-11-29-51(56)53-33-17-24-44-23-16-31-49(58(44)53)43-21-7-3-8-22-43)48-28-15-25-46(40-48)50-32-18-34-54-52-30-12-14-36-57(52)61(59(50)54)47-26-9-4-10-27-47/h2,4-6,9-20,23-41,43,55H,3,7-8,21-22H2,1H3. The zero-order chi connectivity index (χ0) is 40.7. The van der Waals surface area contributed by atoms with Crippen molar-refractivity contribution in [3.63, 3.8) is 0 Å². The molecule has 2 heteroatoms. The second-order valence-electron chi connectivity index (χ2n) is 17.1. The predicted octanol–water partition coefficient (Wildman–Crippen LogP) is 16.1. The molecule has 0 radical (unpaired) electrons. The largest absolute Gasteiger partial charge is 0.333 e. The van der Waals surface area contributed by atoms with Crippen molar-refractivity contribution in [2.45, 2.75) is 51.0 Å². The molecule has 61 heavy (non-hydrogen) atoms. The molecule has 2 aliphatic carbocycles. The first kappa shape index (κ1) is 37.1. The molecule has 0 spiro atoms. The number of hydrogen-bond donors (Lipinski definition) is 0. The molecule has 2 nitrogen and oxygen atoms in total. The molecule has 1 aromatic heterocycles. The van der Waals surface area contributed by atoms with Gasteiger partial charge < -0.3 is 9.47 Å². The highest BCUT2D eigenvalue weighted by atomic mass is 15.2. The Hall–Kier alpha value is -6.90. The Balaban J connectivity index is 1.12. The van der Waals surface area contributed by atoms with E-state index in [9.17, 15) is 0 Å². The Morgan fingerprint density at radius 3 is 2.03 bits per heavy atom. The summed E-state index contributed by atoms with van der Waals surface area (Å²) in [7, 11) is 0. The number of anilines is 2. The molecule has 1 saturated carbocycles. The summed E-state index contributed by atoms with van der Waals surface area (Å²) in [5.74, 6) is 0.821. The van der Waals surface area contributed by atoms with Crippen molar-refractivity contribution in [1.29, 1.82) is 0 Å². The minimum atomic E-state index is 0.0724. The third kappa shape index (κ3) is 6.68. The lowest BCUT2D eigenvalue weighted by molar-refractivity contribution is 0.445. The van der Waals surface area contributed by atoms with E-state index in [2.05, 4.69) is 223 Å². The lowest BCUT2D eigenvalue weighted by Gasteiger charge is -2.38. The van der Waals surface area contributed by atoms with E-state index in [0.29, 0.717) is 5.92 Å². The van der Waals surface area contributed by atoms with Crippen LogP contribution in [0.4, 0.5) is 11.4 Å². The molecule has 0 saturated heterocycles. The van der Waals surface area contributed by atoms with E-state index in [-0.39, 0.29) is 12.0 Å². The summed E-state index contributed by atoms with van der Waals surface area (Å²) in [6, 6.07) is 69.8. The lowest BCUT2D eigenvalue weighted by atomic mass is 9.80. The highest BCUT2D eigenvalue weighted by Gasteiger charge is 2.29. The molecule has 0 amide bonds. The van der Waals surface area contributed by atoms with Gasteiger partial charge in [-0.05, 0) is 99.7 Å². The van der Waals surface area contributed by atoms with Crippen molar-refractivity contribution in [2.75, 3.05) is 4.90 Å². The Labute approximate surface area is 359 Å². The number of rotatable bonds is 8. The quantitative estimate of drug-likeness (QED) is 0.149. The van der Waals surface area contributed by atoms with Gasteiger partial charge in [-0.3, -0.25) is 0 Å². The minimum Gasteiger partial charge on any atom is -0.333 e. The van der Waals surface area contributed by atoms with Gasteiger partial charge in [0, 0.05) is 39.0 Å². The van der Waals surface area contributed by atoms with Crippen molar-refractivity contribution in [3.05, 3.63) is 217 Å². The molecule has 2 atom stereocenters. The molecule has 0 N–H and O–H groups in total. The first-order valence-corrected chi connectivity index (χ1v) is 22.2. The van der Waals surface area contributed by atoms with Gasteiger partial charge in [-0.25, -0.2) is 0 Å². The Morgan fingerprint density at radius 2 is 1.20 bits per heavy atom. The fraction of sp³-hybridized carbons (Fsp3) is 0.153. The van der Waals surface area contributed by atoms with E-state index in [0.717, 1.165) is 5.69 Å². The molecular weight excluding hydrogens is 737 g/mol. The van der Waals surface area contributed by atoms with E-state index in [4.69, 9.17) is 0 Å². The van der Waals surface area contributed by atoms with Gasteiger partial charge in [0.25, 0.3) is 0 Å². The molecular formula is C59H50N2. The number of aromatic nitrogens is 1. The van der Waals surface area contributed by atoms with Crippen LogP contribution in [0.3, 0.4) is 0 Å². The summed E-state index contributed by atoms with van der Waals surface area (Å²) < 4.78 is 2.45. The Morgan fingerprint density at radius 1 is 0.541 bits per heavy atom. The van der Waals surface area contributed by atoms with Gasteiger partial charge in [0.2, 0.25) is 0 Å². The van der Waals surface area contributed by atoms with Crippen LogP contribution in [-0.2, 0) is 0 Å². The normalized spacial score (nSPS) is 16.9.